The second-order valence-electron chi connectivity index (χ2n) is 3.52. The van der Waals surface area contributed by atoms with Crippen LogP contribution in [0.2, 0.25) is 0 Å². The van der Waals surface area contributed by atoms with E-state index in [1.54, 1.807) is 24.3 Å². The van der Waals surface area contributed by atoms with Crippen LogP contribution in [-0.2, 0) is 0 Å². The predicted octanol–water partition coefficient (Wildman–Crippen LogP) is 1.85. The smallest absolute Gasteiger partial charge is 0.243 e. The van der Waals surface area contributed by atoms with Gasteiger partial charge >= 0.3 is 0 Å². The first kappa shape index (κ1) is 10.6. The highest BCUT2D eigenvalue weighted by Gasteiger charge is 2.13. The average molecular weight is 219 g/mol. The molecular weight excluding hydrogens is 206 g/mol. The van der Waals surface area contributed by atoms with Crippen molar-refractivity contribution in [1.29, 1.82) is 0 Å². The van der Waals surface area contributed by atoms with Crippen LogP contribution in [0, 0.1) is 0 Å². The molecular formula is C11H13N3O2. The van der Waals surface area contributed by atoms with Crippen LogP contribution < -0.4 is 5.73 Å². The molecule has 0 spiro atoms. The molecule has 1 aromatic heterocycles. The summed E-state index contributed by atoms with van der Waals surface area (Å²) in [6.45, 7) is 1.95. The average Bonchev–Trinajstić information content (AvgIpc) is 2.78. The van der Waals surface area contributed by atoms with Gasteiger partial charge in [0.15, 0.2) is 0 Å². The molecule has 0 radical (unpaired) electrons. The number of nitrogens with zero attached hydrogens (tertiary/aromatic N) is 2. The Bertz CT molecular complexity index is 464. The summed E-state index contributed by atoms with van der Waals surface area (Å²) in [6.07, 6.45) is 0.747. The van der Waals surface area contributed by atoms with Gasteiger partial charge in [0.25, 0.3) is 0 Å². The molecule has 0 saturated heterocycles. The summed E-state index contributed by atoms with van der Waals surface area (Å²) in [5, 5.41) is 13.0. The normalized spacial score (nSPS) is 12.6. The molecule has 2 rings (SSSR count). The third-order valence-electron chi connectivity index (χ3n) is 2.32. The second-order valence-corrected chi connectivity index (χ2v) is 3.52. The monoisotopic (exact) mass is 219 g/mol. The zero-order valence-corrected chi connectivity index (χ0v) is 8.92. The van der Waals surface area contributed by atoms with Crippen LogP contribution in [0.3, 0.4) is 0 Å². The van der Waals surface area contributed by atoms with Crippen LogP contribution in [0.1, 0.15) is 25.3 Å². The quantitative estimate of drug-likeness (QED) is 0.822. The van der Waals surface area contributed by atoms with E-state index in [0.29, 0.717) is 11.7 Å². The van der Waals surface area contributed by atoms with E-state index in [4.69, 9.17) is 15.4 Å². The molecule has 0 unspecified atom stereocenters. The number of hydrogen-bond acceptors (Lipinski definition) is 5. The van der Waals surface area contributed by atoms with Crippen LogP contribution in [0.15, 0.2) is 28.8 Å². The van der Waals surface area contributed by atoms with E-state index >= 15 is 0 Å². The molecule has 5 heteroatoms. The van der Waals surface area contributed by atoms with Crippen molar-refractivity contribution in [3.8, 4) is 17.1 Å². The molecule has 0 aliphatic carbocycles. The van der Waals surface area contributed by atoms with Crippen LogP contribution >= 0.6 is 0 Å². The second kappa shape index (κ2) is 4.32. The fourth-order valence-electron chi connectivity index (χ4n) is 1.29. The first-order chi connectivity index (χ1) is 7.70. The minimum absolute atomic E-state index is 0.206. The third kappa shape index (κ3) is 2.04. The number of rotatable bonds is 3. The highest BCUT2D eigenvalue weighted by molar-refractivity contribution is 5.55. The fourth-order valence-corrected chi connectivity index (χ4v) is 1.29. The summed E-state index contributed by atoms with van der Waals surface area (Å²) >= 11 is 0. The van der Waals surface area contributed by atoms with E-state index < -0.39 is 0 Å². The number of nitrogens with two attached hydrogens (primary N) is 1. The SMILES string of the molecule is CC[C@H](N)c1nc(-c2ccc(O)cc2)no1. The number of phenols is 1. The van der Waals surface area contributed by atoms with E-state index in [1.807, 2.05) is 6.92 Å². The van der Waals surface area contributed by atoms with Gasteiger partial charge < -0.3 is 15.4 Å². The van der Waals surface area contributed by atoms with E-state index in [1.165, 1.54) is 0 Å². The molecule has 1 aromatic carbocycles. The Morgan fingerprint density at radius 3 is 2.69 bits per heavy atom. The molecule has 84 valence electrons. The Balaban J connectivity index is 2.28. The molecule has 0 aliphatic rings. The Labute approximate surface area is 92.9 Å². The maximum absolute atomic E-state index is 9.15. The molecule has 16 heavy (non-hydrogen) atoms. The lowest BCUT2D eigenvalue weighted by Crippen LogP contribution is -2.08. The lowest BCUT2D eigenvalue weighted by molar-refractivity contribution is 0.352. The third-order valence-corrected chi connectivity index (χ3v) is 2.32. The Kier molecular flexibility index (Phi) is 2.87. The Morgan fingerprint density at radius 1 is 1.38 bits per heavy atom. The Hall–Kier alpha value is -1.88. The number of phenolic OH excluding ortho intramolecular Hbond substituents is 1. The first-order valence-electron chi connectivity index (χ1n) is 5.09. The zero-order valence-electron chi connectivity index (χ0n) is 8.92. The molecule has 0 amide bonds. The minimum Gasteiger partial charge on any atom is -0.508 e. The minimum atomic E-state index is -0.224. The van der Waals surface area contributed by atoms with Crippen LogP contribution in [0.4, 0.5) is 0 Å². The van der Waals surface area contributed by atoms with Gasteiger partial charge in [0, 0.05) is 5.56 Å². The number of aromatic hydroxyl groups is 1. The van der Waals surface area contributed by atoms with Crippen molar-refractivity contribution >= 4 is 0 Å². The standard InChI is InChI=1S/C11H13N3O2/c1-2-9(12)11-13-10(14-16-11)7-3-5-8(15)6-4-7/h3-6,9,15H,2,12H2,1H3/t9-/m0/s1. The number of hydrogen-bond donors (Lipinski definition) is 2. The molecule has 0 aliphatic heterocycles. The first-order valence-corrected chi connectivity index (χ1v) is 5.09. The van der Waals surface area contributed by atoms with Gasteiger partial charge in [0.05, 0.1) is 6.04 Å². The molecule has 2 aromatic rings. The molecule has 0 fully saturated rings. The van der Waals surface area contributed by atoms with Crippen molar-refractivity contribution < 1.29 is 9.63 Å². The maximum atomic E-state index is 9.15. The molecule has 1 heterocycles. The van der Waals surface area contributed by atoms with Crippen LogP contribution in [-0.4, -0.2) is 15.2 Å². The van der Waals surface area contributed by atoms with Gasteiger partial charge in [-0.05, 0) is 30.7 Å². The number of aromatic nitrogens is 2. The molecule has 0 bridgehead atoms. The topological polar surface area (TPSA) is 85.2 Å². The van der Waals surface area contributed by atoms with Gasteiger partial charge in [-0.25, -0.2) is 0 Å². The van der Waals surface area contributed by atoms with Gasteiger partial charge in [0.1, 0.15) is 5.75 Å². The van der Waals surface area contributed by atoms with Crippen molar-refractivity contribution in [1.82, 2.24) is 10.1 Å². The van der Waals surface area contributed by atoms with Crippen molar-refractivity contribution in [2.75, 3.05) is 0 Å². The lowest BCUT2D eigenvalue weighted by atomic mass is 10.2. The molecule has 1 atom stereocenters. The zero-order chi connectivity index (χ0) is 11.5. The van der Waals surface area contributed by atoms with Gasteiger partial charge in [-0.1, -0.05) is 12.1 Å². The molecule has 3 N–H and O–H groups in total. The summed E-state index contributed by atoms with van der Waals surface area (Å²) in [4.78, 5) is 4.20. The van der Waals surface area contributed by atoms with E-state index in [9.17, 15) is 0 Å². The summed E-state index contributed by atoms with van der Waals surface area (Å²) in [5.41, 5.74) is 6.56. The summed E-state index contributed by atoms with van der Waals surface area (Å²) in [6, 6.07) is 6.37. The lowest BCUT2D eigenvalue weighted by Gasteiger charge is -1.99. The highest BCUT2D eigenvalue weighted by atomic mass is 16.5. The van der Waals surface area contributed by atoms with Crippen molar-refractivity contribution in [2.24, 2.45) is 5.73 Å². The van der Waals surface area contributed by atoms with Gasteiger partial charge in [-0.3, -0.25) is 0 Å². The predicted molar refractivity (Wildman–Crippen MR) is 58.6 cm³/mol. The van der Waals surface area contributed by atoms with E-state index in [0.717, 1.165) is 12.0 Å². The van der Waals surface area contributed by atoms with Crippen molar-refractivity contribution in [3.05, 3.63) is 30.2 Å². The highest BCUT2D eigenvalue weighted by Crippen LogP contribution is 2.20. The van der Waals surface area contributed by atoms with Crippen LogP contribution in [0.5, 0.6) is 5.75 Å². The van der Waals surface area contributed by atoms with Crippen molar-refractivity contribution in [3.63, 3.8) is 0 Å². The molecule has 0 saturated carbocycles. The van der Waals surface area contributed by atoms with Crippen LogP contribution in [0.25, 0.3) is 11.4 Å². The summed E-state index contributed by atoms with van der Waals surface area (Å²) < 4.78 is 5.05. The number of benzene rings is 1. The largest absolute Gasteiger partial charge is 0.508 e. The summed E-state index contributed by atoms with van der Waals surface area (Å²) in [7, 11) is 0. The van der Waals surface area contributed by atoms with Gasteiger partial charge in [0.2, 0.25) is 11.7 Å². The maximum Gasteiger partial charge on any atom is 0.243 e. The van der Waals surface area contributed by atoms with Gasteiger partial charge in [-0.15, -0.1) is 0 Å². The fraction of sp³-hybridized carbons (Fsp3) is 0.273. The van der Waals surface area contributed by atoms with E-state index in [-0.39, 0.29) is 11.8 Å². The van der Waals surface area contributed by atoms with Crippen molar-refractivity contribution in [2.45, 2.75) is 19.4 Å². The Morgan fingerprint density at radius 2 is 2.06 bits per heavy atom. The molecule has 5 nitrogen and oxygen atoms in total. The summed E-state index contributed by atoms with van der Waals surface area (Å²) in [5.74, 6) is 1.13. The van der Waals surface area contributed by atoms with Gasteiger partial charge in [-0.2, -0.15) is 4.98 Å². The van der Waals surface area contributed by atoms with E-state index in [2.05, 4.69) is 10.1 Å².